The van der Waals surface area contributed by atoms with E-state index < -0.39 is 5.97 Å². The minimum absolute atomic E-state index is 0.135. The van der Waals surface area contributed by atoms with Gasteiger partial charge in [-0.05, 0) is 68.9 Å². The van der Waals surface area contributed by atoms with E-state index in [9.17, 15) is 9.18 Å². The van der Waals surface area contributed by atoms with Crippen molar-refractivity contribution in [2.24, 2.45) is 0 Å². The molecule has 0 amide bonds. The Morgan fingerprint density at radius 2 is 2.04 bits per heavy atom. The first-order valence-corrected chi connectivity index (χ1v) is 8.85. The average Bonchev–Trinajstić information content (AvgIpc) is 3.00. The van der Waals surface area contributed by atoms with Crippen LogP contribution in [0.1, 0.15) is 50.0 Å². The van der Waals surface area contributed by atoms with Gasteiger partial charge in [0.2, 0.25) is 0 Å². The molecule has 0 saturated carbocycles. The maximum atomic E-state index is 14.1. The monoisotopic (exact) mass is 332 g/mol. The van der Waals surface area contributed by atoms with Crippen LogP contribution in [0, 0.1) is 5.82 Å². The van der Waals surface area contributed by atoms with Gasteiger partial charge < -0.3 is 15.0 Å². The SMILES string of the molecule is O=C(O)CCCCCN1CCC(c2c[nH]c3cccc(F)c23)CC1. The molecular formula is C19H25FN2O2. The number of likely N-dealkylation sites (tertiary alicyclic amines) is 1. The molecule has 0 aliphatic carbocycles. The third-order valence-corrected chi connectivity index (χ3v) is 5.08. The summed E-state index contributed by atoms with van der Waals surface area (Å²) in [6.07, 6.45) is 7.14. The summed E-state index contributed by atoms with van der Waals surface area (Å²) in [5.41, 5.74) is 2.00. The number of piperidine rings is 1. The van der Waals surface area contributed by atoms with Gasteiger partial charge in [0.25, 0.3) is 0 Å². The van der Waals surface area contributed by atoms with Crippen molar-refractivity contribution >= 4 is 16.9 Å². The van der Waals surface area contributed by atoms with Crippen LogP contribution >= 0.6 is 0 Å². The molecule has 1 aliphatic rings. The summed E-state index contributed by atoms with van der Waals surface area (Å²) >= 11 is 0. The second-order valence-corrected chi connectivity index (χ2v) is 6.73. The van der Waals surface area contributed by atoms with Crippen LogP contribution in [0.25, 0.3) is 10.9 Å². The Kier molecular flexibility index (Phi) is 5.51. The number of nitrogens with zero attached hydrogens (tertiary/aromatic N) is 1. The highest BCUT2D eigenvalue weighted by molar-refractivity contribution is 5.84. The number of hydrogen-bond acceptors (Lipinski definition) is 2. The summed E-state index contributed by atoms with van der Waals surface area (Å²) in [6.45, 7) is 3.10. The van der Waals surface area contributed by atoms with E-state index in [0.29, 0.717) is 5.92 Å². The van der Waals surface area contributed by atoms with E-state index >= 15 is 0 Å². The maximum absolute atomic E-state index is 14.1. The number of halogens is 1. The Bertz CT molecular complexity index is 690. The van der Waals surface area contributed by atoms with E-state index in [1.54, 1.807) is 6.07 Å². The van der Waals surface area contributed by atoms with Crippen molar-refractivity contribution in [3.05, 3.63) is 35.8 Å². The number of aromatic nitrogens is 1. The van der Waals surface area contributed by atoms with Crippen molar-refractivity contribution in [1.82, 2.24) is 9.88 Å². The molecule has 1 fully saturated rings. The molecule has 130 valence electrons. The van der Waals surface area contributed by atoms with Crippen molar-refractivity contribution in [3.8, 4) is 0 Å². The number of nitrogens with one attached hydrogen (secondary N) is 1. The highest BCUT2D eigenvalue weighted by Gasteiger charge is 2.23. The predicted molar refractivity (Wildman–Crippen MR) is 92.8 cm³/mol. The second kappa shape index (κ2) is 7.79. The molecule has 1 aliphatic heterocycles. The predicted octanol–water partition coefficient (Wildman–Crippen LogP) is 4.13. The number of hydrogen-bond donors (Lipinski definition) is 2. The van der Waals surface area contributed by atoms with E-state index in [0.717, 1.165) is 68.2 Å². The molecule has 0 spiro atoms. The standard InChI is InChI=1S/C19H25FN2O2/c20-16-5-4-6-17-19(16)15(13-21-17)14-8-11-22(12-9-14)10-3-1-2-7-18(23)24/h4-6,13-14,21H,1-3,7-12H2,(H,23,24). The molecule has 0 atom stereocenters. The normalized spacial score (nSPS) is 16.7. The fourth-order valence-corrected chi connectivity index (χ4v) is 3.74. The Morgan fingerprint density at radius 1 is 1.25 bits per heavy atom. The minimum atomic E-state index is -0.707. The summed E-state index contributed by atoms with van der Waals surface area (Å²) in [6, 6.07) is 5.20. The van der Waals surface area contributed by atoms with Gasteiger partial charge in [-0.25, -0.2) is 4.39 Å². The lowest BCUT2D eigenvalue weighted by atomic mass is 9.89. The summed E-state index contributed by atoms with van der Waals surface area (Å²) < 4.78 is 14.1. The van der Waals surface area contributed by atoms with Gasteiger partial charge in [0.05, 0.1) is 0 Å². The molecule has 3 rings (SSSR count). The largest absolute Gasteiger partial charge is 0.481 e. The maximum Gasteiger partial charge on any atom is 0.303 e. The lowest BCUT2D eigenvalue weighted by molar-refractivity contribution is -0.137. The van der Waals surface area contributed by atoms with Gasteiger partial charge in [-0.3, -0.25) is 4.79 Å². The van der Waals surface area contributed by atoms with Crippen LogP contribution < -0.4 is 0 Å². The van der Waals surface area contributed by atoms with E-state index in [1.807, 2.05) is 12.3 Å². The number of rotatable bonds is 7. The first-order valence-electron chi connectivity index (χ1n) is 8.85. The molecule has 0 bridgehead atoms. The summed E-state index contributed by atoms with van der Waals surface area (Å²) in [4.78, 5) is 16.1. The zero-order valence-electron chi connectivity index (χ0n) is 13.9. The third-order valence-electron chi connectivity index (χ3n) is 5.08. The van der Waals surface area contributed by atoms with E-state index in [1.165, 1.54) is 6.07 Å². The number of benzene rings is 1. The molecule has 4 nitrogen and oxygen atoms in total. The van der Waals surface area contributed by atoms with Crippen molar-refractivity contribution < 1.29 is 14.3 Å². The van der Waals surface area contributed by atoms with Gasteiger partial charge in [-0.15, -0.1) is 0 Å². The van der Waals surface area contributed by atoms with Crippen LogP contribution in [0.3, 0.4) is 0 Å². The molecule has 2 heterocycles. The summed E-state index contributed by atoms with van der Waals surface area (Å²) in [5.74, 6) is -0.426. The first kappa shape index (κ1) is 17.0. The Hall–Kier alpha value is -1.88. The highest BCUT2D eigenvalue weighted by Crippen LogP contribution is 2.34. The smallest absolute Gasteiger partial charge is 0.303 e. The third kappa shape index (κ3) is 3.96. The van der Waals surface area contributed by atoms with Crippen molar-refractivity contribution in [1.29, 1.82) is 0 Å². The Balaban J connectivity index is 1.49. The summed E-state index contributed by atoms with van der Waals surface area (Å²) in [7, 11) is 0. The Labute approximate surface area is 141 Å². The lowest BCUT2D eigenvalue weighted by Gasteiger charge is -2.32. The van der Waals surface area contributed by atoms with E-state index in [4.69, 9.17) is 5.11 Å². The van der Waals surface area contributed by atoms with Crippen LogP contribution in [-0.2, 0) is 4.79 Å². The fourth-order valence-electron chi connectivity index (χ4n) is 3.74. The molecule has 2 N–H and O–H groups in total. The van der Waals surface area contributed by atoms with Crippen LogP contribution in [0.15, 0.2) is 24.4 Å². The zero-order valence-corrected chi connectivity index (χ0v) is 13.9. The number of aromatic amines is 1. The summed E-state index contributed by atoms with van der Waals surface area (Å²) in [5, 5.41) is 9.39. The first-order chi connectivity index (χ1) is 11.6. The average molecular weight is 332 g/mol. The van der Waals surface area contributed by atoms with Crippen LogP contribution in [-0.4, -0.2) is 40.6 Å². The lowest BCUT2D eigenvalue weighted by Crippen LogP contribution is -2.33. The van der Waals surface area contributed by atoms with Crippen LogP contribution in [0.4, 0.5) is 4.39 Å². The van der Waals surface area contributed by atoms with Gasteiger partial charge in [0.1, 0.15) is 5.82 Å². The van der Waals surface area contributed by atoms with Crippen molar-refractivity contribution in [2.75, 3.05) is 19.6 Å². The topological polar surface area (TPSA) is 56.3 Å². The van der Waals surface area contributed by atoms with E-state index in [-0.39, 0.29) is 12.2 Å². The molecule has 5 heteroatoms. The number of carboxylic acid groups (broad SMARTS) is 1. The van der Waals surface area contributed by atoms with Crippen LogP contribution in [0.5, 0.6) is 0 Å². The second-order valence-electron chi connectivity index (χ2n) is 6.73. The number of carbonyl (C=O) groups is 1. The molecule has 0 unspecified atom stereocenters. The highest BCUT2D eigenvalue weighted by atomic mass is 19.1. The zero-order chi connectivity index (χ0) is 16.9. The minimum Gasteiger partial charge on any atom is -0.481 e. The number of H-pyrrole nitrogens is 1. The van der Waals surface area contributed by atoms with Gasteiger partial charge in [-0.1, -0.05) is 12.5 Å². The van der Waals surface area contributed by atoms with Crippen molar-refractivity contribution in [2.45, 2.75) is 44.4 Å². The molecule has 2 aromatic rings. The van der Waals surface area contributed by atoms with Gasteiger partial charge in [-0.2, -0.15) is 0 Å². The molecule has 0 radical (unpaired) electrons. The molecule has 24 heavy (non-hydrogen) atoms. The van der Waals surface area contributed by atoms with Crippen molar-refractivity contribution in [3.63, 3.8) is 0 Å². The quantitative estimate of drug-likeness (QED) is 0.750. The fraction of sp³-hybridized carbons (Fsp3) is 0.526. The van der Waals surface area contributed by atoms with Gasteiger partial charge >= 0.3 is 5.97 Å². The van der Waals surface area contributed by atoms with Crippen LogP contribution in [0.2, 0.25) is 0 Å². The van der Waals surface area contributed by atoms with Gasteiger partial charge in [0.15, 0.2) is 0 Å². The molecular weight excluding hydrogens is 307 g/mol. The van der Waals surface area contributed by atoms with Gasteiger partial charge in [0, 0.05) is 23.5 Å². The number of aliphatic carboxylic acids is 1. The number of unbranched alkanes of at least 4 members (excludes halogenated alkanes) is 2. The number of carboxylic acids is 1. The number of fused-ring (bicyclic) bond motifs is 1. The molecule has 1 saturated heterocycles. The molecule has 1 aromatic heterocycles. The van der Waals surface area contributed by atoms with E-state index in [2.05, 4.69) is 9.88 Å². The molecule has 1 aromatic carbocycles. The Morgan fingerprint density at radius 3 is 2.79 bits per heavy atom.